The Morgan fingerprint density at radius 2 is 2.12 bits per heavy atom. The van der Waals surface area contributed by atoms with Crippen molar-refractivity contribution in [2.24, 2.45) is 11.3 Å². The lowest BCUT2D eigenvalue weighted by atomic mass is 9.68. The van der Waals surface area contributed by atoms with Crippen LogP contribution in [0.25, 0.3) is 0 Å². The van der Waals surface area contributed by atoms with Crippen LogP contribution in [0.3, 0.4) is 0 Å². The van der Waals surface area contributed by atoms with Crippen LogP contribution in [0.2, 0.25) is 0 Å². The normalized spacial score (nSPS) is 30.4. The standard InChI is InChI=1S/C15H29N/c1-6-7-12(2)11-16-14-8-9-15(4,5)13(3)10-14/h7,13-14,16H,6,8-11H2,1-5H3/b12-7+. The van der Waals surface area contributed by atoms with Crippen LogP contribution in [-0.4, -0.2) is 12.6 Å². The molecule has 2 unspecified atom stereocenters. The second-order valence-electron chi connectivity index (χ2n) is 6.20. The lowest BCUT2D eigenvalue weighted by Crippen LogP contribution is -2.40. The maximum absolute atomic E-state index is 3.71. The smallest absolute Gasteiger partial charge is 0.0164 e. The minimum atomic E-state index is 0.548. The van der Waals surface area contributed by atoms with Gasteiger partial charge in [0.05, 0.1) is 0 Å². The molecule has 1 nitrogen and oxygen atoms in total. The molecule has 16 heavy (non-hydrogen) atoms. The van der Waals surface area contributed by atoms with E-state index in [1.54, 1.807) is 0 Å². The van der Waals surface area contributed by atoms with Gasteiger partial charge in [0.25, 0.3) is 0 Å². The first-order valence-corrected chi connectivity index (χ1v) is 6.84. The lowest BCUT2D eigenvalue weighted by Gasteiger charge is -2.40. The molecule has 0 aliphatic heterocycles. The van der Waals surface area contributed by atoms with Crippen LogP contribution in [0.4, 0.5) is 0 Å². The number of hydrogen-bond acceptors (Lipinski definition) is 1. The van der Waals surface area contributed by atoms with Crippen molar-refractivity contribution in [2.45, 2.75) is 66.3 Å². The van der Waals surface area contributed by atoms with Gasteiger partial charge in [0, 0.05) is 12.6 Å². The molecule has 1 heteroatoms. The van der Waals surface area contributed by atoms with Crippen molar-refractivity contribution in [3.63, 3.8) is 0 Å². The SMILES string of the molecule is CC/C=C(\C)CNC1CCC(C)(C)C(C)C1. The maximum atomic E-state index is 3.71. The Hall–Kier alpha value is -0.300. The zero-order valence-electron chi connectivity index (χ0n) is 11.8. The van der Waals surface area contributed by atoms with Gasteiger partial charge in [0.15, 0.2) is 0 Å². The van der Waals surface area contributed by atoms with E-state index in [9.17, 15) is 0 Å². The van der Waals surface area contributed by atoms with Crippen molar-refractivity contribution >= 4 is 0 Å². The van der Waals surface area contributed by atoms with Crippen LogP contribution in [0, 0.1) is 11.3 Å². The number of allylic oxidation sites excluding steroid dienone is 1. The topological polar surface area (TPSA) is 12.0 Å². The van der Waals surface area contributed by atoms with E-state index < -0.39 is 0 Å². The minimum absolute atomic E-state index is 0.548. The molecule has 1 fully saturated rings. The summed E-state index contributed by atoms with van der Waals surface area (Å²) in [6, 6.07) is 0.739. The van der Waals surface area contributed by atoms with E-state index in [-0.39, 0.29) is 0 Å². The average molecular weight is 223 g/mol. The third-order valence-corrected chi connectivity index (χ3v) is 4.33. The Morgan fingerprint density at radius 1 is 1.44 bits per heavy atom. The van der Waals surface area contributed by atoms with Gasteiger partial charge in [-0.15, -0.1) is 0 Å². The third kappa shape index (κ3) is 3.93. The van der Waals surface area contributed by atoms with E-state index >= 15 is 0 Å². The van der Waals surface area contributed by atoms with Crippen molar-refractivity contribution in [1.29, 1.82) is 0 Å². The molecule has 0 saturated heterocycles. The average Bonchev–Trinajstić information content (AvgIpc) is 2.21. The second-order valence-corrected chi connectivity index (χ2v) is 6.20. The predicted octanol–water partition coefficient (Wildman–Crippen LogP) is 4.15. The molecule has 1 aliphatic rings. The first-order chi connectivity index (χ1) is 7.45. The zero-order valence-corrected chi connectivity index (χ0v) is 11.8. The maximum Gasteiger partial charge on any atom is 0.0164 e. The largest absolute Gasteiger partial charge is 0.310 e. The summed E-state index contributed by atoms with van der Waals surface area (Å²) in [6.07, 6.45) is 7.52. The van der Waals surface area contributed by atoms with E-state index in [4.69, 9.17) is 0 Å². The molecule has 0 aromatic rings. The Balaban J connectivity index is 2.33. The first-order valence-electron chi connectivity index (χ1n) is 6.84. The fourth-order valence-electron chi connectivity index (χ4n) is 2.57. The highest BCUT2D eigenvalue weighted by Crippen LogP contribution is 2.40. The van der Waals surface area contributed by atoms with Gasteiger partial charge in [-0.25, -0.2) is 0 Å². The Labute approximate surface area is 102 Å². The Kier molecular flexibility index (Phi) is 5.04. The summed E-state index contributed by atoms with van der Waals surface area (Å²) in [5, 5.41) is 3.71. The van der Waals surface area contributed by atoms with Crippen LogP contribution in [-0.2, 0) is 0 Å². The van der Waals surface area contributed by atoms with Crippen LogP contribution >= 0.6 is 0 Å². The van der Waals surface area contributed by atoms with E-state index in [0.29, 0.717) is 5.41 Å². The number of nitrogens with one attached hydrogen (secondary N) is 1. The summed E-state index contributed by atoms with van der Waals surface area (Å²) in [5.74, 6) is 0.842. The van der Waals surface area contributed by atoms with Crippen molar-refractivity contribution in [3.8, 4) is 0 Å². The highest BCUT2D eigenvalue weighted by atomic mass is 14.9. The molecule has 0 heterocycles. The minimum Gasteiger partial charge on any atom is -0.310 e. The molecule has 1 saturated carbocycles. The van der Waals surface area contributed by atoms with Crippen molar-refractivity contribution in [1.82, 2.24) is 5.32 Å². The molecule has 1 rings (SSSR count). The van der Waals surface area contributed by atoms with E-state index in [0.717, 1.165) is 24.9 Å². The molecule has 0 radical (unpaired) electrons. The van der Waals surface area contributed by atoms with Gasteiger partial charge in [0.1, 0.15) is 0 Å². The molecule has 0 bridgehead atoms. The van der Waals surface area contributed by atoms with Crippen molar-refractivity contribution in [2.75, 3.05) is 6.54 Å². The summed E-state index contributed by atoms with van der Waals surface area (Å²) in [4.78, 5) is 0. The lowest BCUT2D eigenvalue weighted by molar-refractivity contribution is 0.128. The molecule has 94 valence electrons. The molecular weight excluding hydrogens is 194 g/mol. The third-order valence-electron chi connectivity index (χ3n) is 4.33. The van der Waals surface area contributed by atoms with Crippen molar-refractivity contribution < 1.29 is 0 Å². The van der Waals surface area contributed by atoms with Crippen LogP contribution < -0.4 is 5.32 Å². The van der Waals surface area contributed by atoms with Gasteiger partial charge in [-0.3, -0.25) is 0 Å². The molecule has 0 spiro atoms. The number of rotatable bonds is 4. The highest BCUT2D eigenvalue weighted by molar-refractivity contribution is 5.00. The summed E-state index contributed by atoms with van der Waals surface area (Å²) in [6.45, 7) is 12.7. The van der Waals surface area contributed by atoms with Gasteiger partial charge in [-0.2, -0.15) is 0 Å². The van der Waals surface area contributed by atoms with E-state index in [1.165, 1.54) is 24.8 Å². The molecule has 1 N–H and O–H groups in total. The summed E-state index contributed by atoms with van der Waals surface area (Å²) in [5.41, 5.74) is 2.03. The van der Waals surface area contributed by atoms with Crippen molar-refractivity contribution in [3.05, 3.63) is 11.6 Å². The van der Waals surface area contributed by atoms with Crippen LogP contribution in [0.15, 0.2) is 11.6 Å². The molecule has 1 aliphatic carbocycles. The fourth-order valence-corrected chi connectivity index (χ4v) is 2.57. The quantitative estimate of drug-likeness (QED) is 0.706. The van der Waals surface area contributed by atoms with Gasteiger partial charge in [-0.05, 0) is 43.9 Å². The molecule has 0 aromatic heterocycles. The molecule has 0 amide bonds. The highest BCUT2D eigenvalue weighted by Gasteiger charge is 2.32. The summed E-state index contributed by atoms with van der Waals surface area (Å²) < 4.78 is 0. The second kappa shape index (κ2) is 5.86. The predicted molar refractivity (Wildman–Crippen MR) is 72.6 cm³/mol. The van der Waals surface area contributed by atoms with Gasteiger partial charge in [0.2, 0.25) is 0 Å². The van der Waals surface area contributed by atoms with Gasteiger partial charge in [-0.1, -0.05) is 39.3 Å². The van der Waals surface area contributed by atoms with Gasteiger partial charge >= 0.3 is 0 Å². The summed E-state index contributed by atoms with van der Waals surface area (Å²) >= 11 is 0. The molecular formula is C15H29N. The number of hydrogen-bond donors (Lipinski definition) is 1. The van der Waals surface area contributed by atoms with Crippen LogP contribution in [0.1, 0.15) is 60.3 Å². The van der Waals surface area contributed by atoms with E-state index in [2.05, 4.69) is 46.0 Å². The Morgan fingerprint density at radius 3 is 2.69 bits per heavy atom. The molecule has 0 aromatic carbocycles. The Bertz CT molecular complexity index is 240. The summed E-state index contributed by atoms with van der Waals surface area (Å²) in [7, 11) is 0. The zero-order chi connectivity index (χ0) is 12.2. The van der Waals surface area contributed by atoms with Gasteiger partial charge < -0.3 is 5.32 Å². The fraction of sp³-hybridized carbons (Fsp3) is 0.867. The van der Waals surface area contributed by atoms with E-state index in [1.807, 2.05) is 0 Å². The van der Waals surface area contributed by atoms with Crippen LogP contribution in [0.5, 0.6) is 0 Å². The first kappa shape index (κ1) is 13.8. The monoisotopic (exact) mass is 223 g/mol. The molecule has 2 atom stereocenters.